The van der Waals surface area contributed by atoms with Gasteiger partial charge in [-0.05, 0) is 12.4 Å². The largest absolute Gasteiger partial charge is 0.479 e. The first-order valence-electron chi connectivity index (χ1n) is 10.4. The van der Waals surface area contributed by atoms with E-state index in [0.29, 0.717) is 0 Å². The van der Waals surface area contributed by atoms with Gasteiger partial charge in [0.2, 0.25) is 0 Å². The second-order valence-electron chi connectivity index (χ2n) is 8.40. The molecular weight excluding hydrogens is 459 g/mol. The first kappa shape index (κ1) is 24.7. The van der Waals surface area contributed by atoms with Gasteiger partial charge in [-0.2, -0.15) is 0 Å². The second kappa shape index (κ2) is 10.2. The molecule has 0 bridgehead atoms. The van der Waals surface area contributed by atoms with E-state index in [2.05, 4.69) is 121 Å². The molecular formula is C27H33N2Pd-5. The standard InChI is InChI=1S/C27H33N2.Pd/c1-18(2)22-11-9-12-23(19(3)4)26(22)28-15-16-29(17-28)27-24(20(5)6)13-10-14-25(27)21(7)8;/h9-21H,1,3,5,7H2,2,4,6,8H3;/q-5;. The van der Waals surface area contributed by atoms with Crippen LogP contribution in [0, 0.1) is 34.4 Å². The van der Waals surface area contributed by atoms with Crippen LogP contribution in [0.2, 0.25) is 0 Å². The Morgan fingerprint density at radius 1 is 0.600 bits per heavy atom. The van der Waals surface area contributed by atoms with E-state index in [1.54, 1.807) is 0 Å². The Morgan fingerprint density at radius 3 is 1.10 bits per heavy atom. The van der Waals surface area contributed by atoms with Crippen molar-refractivity contribution in [2.24, 2.45) is 0 Å². The molecule has 2 aromatic rings. The molecule has 4 atom stereocenters. The van der Waals surface area contributed by atoms with Crippen molar-refractivity contribution < 1.29 is 20.4 Å². The predicted octanol–water partition coefficient (Wildman–Crippen LogP) is 7.35. The van der Waals surface area contributed by atoms with Crippen LogP contribution in [0.3, 0.4) is 0 Å². The molecule has 1 heterocycles. The summed E-state index contributed by atoms with van der Waals surface area (Å²) in [6, 6.07) is 12.9. The molecule has 0 N–H and O–H groups in total. The zero-order valence-electron chi connectivity index (χ0n) is 18.5. The van der Waals surface area contributed by atoms with Crippen molar-refractivity contribution >= 4 is 11.4 Å². The van der Waals surface area contributed by atoms with Crippen LogP contribution in [-0.4, -0.2) is 0 Å². The normalized spacial score (nSPS) is 17.5. The zero-order chi connectivity index (χ0) is 21.3. The van der Waals surface area contributed by atoms with E-state index < -0.39 is 0 Å². The summed E-state index contributed by atoms with van der Waals surface area (Å²) in [5, 5.41) is 0. The fourth-order valence-electron chi connectivity index (χ4n) is 3.97. The molecule has 0 saturated heterocycles. The predicted molar refractivity (Wildman–Crippen MR) is 126 cm³/mol. The molecule has 0 saturated carbocycles. The average molecular weight is 492 g/mol. The van der Waals surface area contributed by atoms with Gasteiger partial charge in [0.25, 0.3) is 0 Å². The monoisotopic (exact) mass is 491 g/mol. The number of hydrogen-bond donors (Lipinski definition) is 0. The van der Waals surface area contributed by atoms with Crippen LogP contribution < -0.4 is 9.80 Å². The maximum atomic E-state index is 4.28. The zero-order valence-corrected chi connectivity index (χ0v) is 20.1. The molecule has 3 heteroatoms. The fourth-order valence-corrected chi connectivity index (χ4v) is 3.97. The number of benzene rings is 2. The summed E-state index contributed by atoms with van der Waals surface area (Å²) in [6.45, 7) is 27.8. The van der Waals surface area contributed by atoms with Crippen LogP contribution in [0.15, 0.2) is 48.8 Å². The van der Waals surface area contributed by atoms with Crippen molar-refractivity contribution in [2.45, 2.75) is 51.4 Å². The van der Waals surface area contributed by atoms with Gasteiger partial charge in [0.05, 0.1) is 0 Å². The van der Waals surface area contributed by atoms with Gasteiger partial charge in [-0.3, -0.25) is 0 Å². The van der Waals surface area contributed by atoms with Gasteiger partial charge in [0, 0.05) is 31.8 Å². The summed E-state index contributed by atoms with van der Waals surface area (Å²) in [6.07, 6.45) is 4.24. The van der Waals surface area contributed by atoms with Crippen molar-refractivity contribution in [3.8, 4) is 0 Å². The third-order valence-electron chi connectivity index (χ3n) is 5.47. The molecule has 166 valence electrons. The summed E-state index contributed by atoms with van der Waals surface area (Å²) >= 11 is 0. The van der Waals surface area contributed by atoms with Crippen molar-refractivity contribution in [1.29, 1.82) is 0 Å². The molecule has 1 aliphatic rings. The maximum Gasteiger partial charge on any atom is 0.0142 e. The van der Waals surface area contributed by atoms with Crippen LogP contribution >= 0.6 is 0 Å². The van der Waals surface area contributed by atoms with Crippen molar-refractivity contribution in [2.75, 3.05) is 9.80 Å². The summed E-state index contributed by atoms with van der Waals surface area (Å²) in [5.74, 6) is 0.730. The Morgan fingerprint density at radius 2 is 0.867 bits per heavy atom. The van der Waals surface area contributed by atoms with E-state index in [4.69, 9.17) is 0 Å². The molecule has 0 aliphatic carbocycles. The summed E-state index contributed by atoms with van der Waals surface area (Å²) in [4.78, 5) is 4.41. The first-order chi connectivity index (χ1) is 13.7. The third-order valence-corrected chi connectivity index (χ3v) is 5.47. The smallest absolute Gasteiger partial charge is 0.0142 e. The van der Waals surface area contributed by atoms with Crippen LogP contribution in [0.4, 0.5) is 11.4 Å². The van der Waals surface area contributed by atoms with E-state index in [1.807, 2.05) is 0 Å². The van der Waals surface area contributed by atoms with Gasteiger partial charge >= 0.3 is 0 Å². The minimum absolute atomic E-state index is 0. The SMILES string of the molecule is [CH2-]C(C)c1cccc(C([CH2-])C)c1N1C=CN(c2c(C([CH2-])C)cccc2C([CH2-])C)[CH-]1.[Pd]. The first-order valence-corrected chi connectivity index (χ1v) is 10.4. The number of para-hydroxylation sites is 2. The van der Waals surface area contributed by atoms with E-state index >= 15 is 0 Å². The number of nitrogens with zero attached hydrogens (tertiary/aromatic N) is 2. The molecule has 0 amide bonds. The minimum atomic E-state index is 0. The molecule has 4 unspecified atom stereocenters. The van der Waals surface area contributed by atoms with Crippen LogP contribution in [0.1, 0.15) is 73.6 Å². The van der Waals surface area contributed by atoms with E-state index in [0.717, 1.165) is 0 Å². The van der Waals surface area contributed by atoms with Crippen molar-refractivity contribution in [3.63, 3.8) is 0 Å². The van der Waals surface area contributed by atoms with Gasteiger partial charge in [-0.1, -0.05) is 86.3 Å². The van der Waals surface area contributed by atoms with E-state index in [1.165, 1.54) is 33.6 Å². The molecule has 0 radical (unpaired) electrons. The van der Waals surface area contributed by atoms with Crippen LogP contribution in [0.25, 0.3) is 0 Å². The maximum absolute atomic E-state index is 4.28. The summed E-state index contributed by atoms with van der Waals surface area (Å²) in [5.41, 5.74) is 7.27. The molecule has 3 rings (SSSR count). The quantitative estimate of drug-likeness (QED) is 0.308. The minimum Gasteiger partial charge on any atom is -0.479 e. The molecule has 30 heavy (non-hydrogen) atoms. The van der Waals surface area contributed by atoms with Gasteiger partial charge in [0.1, 0.15) is 0 Å². The number of anilines is 2. The third kappa shape index (κ3) is 4.84. The molecule has 0 fully saturated rings. The van der Waals surface area contributed by atoms with Gasteiger partial charge in [-0.15, -0.1) is 30.3 Å². The Hall–Kier alpha value is -1.56. The van der Waals surface area contributed by atoms with E-state index in [-0.39, 0.29) is 44.1 Å². The van der Waals surface area contributed by atoms with Crippen molar-refractivity contribution in [1.82, 2.24) is 0 Å². The Bertz CT molecular complexity index is 756. The average Bonchev–Trinajstić information content (AvgIpc) is 3.15. The van der Waals surface area contributed by atoms with Gasteiger partial charge < -0.3 is 37.5 Å². The molecule has 0 aromatic heterocycles. The Labute approximate surface area is 198 Å². The van der Waals surface area contributed by atoms with Gasteiger partial charge in [0.15, 0.2) is 0 Å². The molecule has 2 nitrogen and oxygen atoms in total. The second-order valence-corrected chi connectivity index (χ2v) is 8.40. The number of hydrogen-bond acceptors (Lipinski definition) is 2. The Kier molecular flexibility index (Phi) is 8.37. The van der Waals surface area contributed by atoms with Crippen LogP contribution in [0.5, 0.6) is 0 Å². The fraction of sp³-hybridized carbons (Fsp3) is 0.296. The van der Waals surface area contributed by atoms with Gasteiger partial charge in [-0.25, -0.2) is 0 Å². The van der Waals surface area contributed by atoms with E-state index in [9.17, 15) is 0 Å². The summed E-state index contributed by atoms with van der Waals surface area (Å²) in [7, 11) is 0. The molecule has 2 aromatic carbocycles. The summed E-state index contributed by atoms with van der Waals surface area (Å²) < 4.78 is 0. The number of rotatable bonds is 6. The molecule has 0 spiro atoms. The Balaban J connectivity index is 0.00000320. The molecule has 1 aliphatic heterocycles. The van der Waals surface area contributed by atoms with Crippen molar-refractivity contribution in [3.05, 3.63) is 105 Å². The topological polar surface area (TPSA) is 6.48 Å². The van der Waals surface area contributed by atoms with Crippen LogP contribution in [-0.2, 0) is 20.4 Å².